The Morgan fingerprint density at radius 2 is 2.20 bits per heavy atom. The van der Waals surface area contributed by atoms with Crippen molar-refractivity contribution in [1.82, 2.24) is 10.2 Å². The Bertz CT molecular complexity index is 200. The molecular formula is C10H20F2N2O. The lowest BCUT2D eigenvalue weighted by Crippen LogP contribution is -2.48. The van der Waals surface area contributed by atoms with E-state index >= 15 is 0 Å². The first-order chi connectivity index (χ1) is 6.97. The minimum atomic E-state index is -2.61. The Balaban J connectivity index is 2.50. The van der Waals surface area contributed by atoms with Crippen LogP contribution >= 0.6 is 0 Å². The molecule has 2 N–H and O–H groups in total. The molecule has 1 heterocycles. The second-order valence-corrected chi connectivity index (χ2v) is 4.33. The number of aliphatic hydroxyl groups is 1. The van der Waals surface area contributed by atoms with Gasteiger partial charge < -0.3 is 10.4 Å². The molecule has 0 amide bonds. The van der Waals surface area contributed by atoms with Crippen molar-refractivity contribution in [3.05, 3.63) is 0 Å². The molecule has 0 saturated carbocycles. The van der Waals surface area contributed by atoms with Crippen molar-refractivity contribution in [3.8, 4) is 0 Å². The summed E-state index contributed by atoms with van der Waals surface area (Å²) in [5.74, 6) is -2.61. The maximum atomic E-state index is 13.3. The topological polar surface area (TPSA) is 35.5 Å². The lowest BCUT2D eigenvalue weighted by atomic mass is 10.1. The van der Waals surface area contributed by atoms with Gasteiger partial charge in [0.05, 0.1) is 12.6 Å². The SMILES string of the molecule is CC(C)N(CCO)CC1NCCC1(F)F. The van der Waals surface area contributed by atoms with Crippen molar-refractivity contribution in [1.29, 1.82) is 0 Å². The fraction of sp³-hybridized carbons (Fsp3) is 1.00. The summed E-state index contributed by atoms with van der Waals surface area (Å²) in [6.07, 6.45) is -0.0806. The van der Waals surface area contributed by atoms with E-state index in [-0.39, 0.29) is 19.1 Å². The van der Waals surface area contributed by atoms with E-state index in [1.807, 2.05) is 18.7 Å². The molecule has 1 atom stereocenters. The summed E-state index contributed by atoms with van der Waals surface area (Å²) in [6.45, 7) is 5.03. The fourth-order valence-corrected chi connectivity index (χ4v) is 1.86. The maximum absolute atomic E-state index is 13.3. The second kappa shape index (κ2) is 5.18. The van der Waals surface area contributed by atoms with Crippen molar-refractivity contribution in [3.63, 3.8) is 0 Å². The van der Waals surface area contributed by atoms with Gasteiger partial charge in [0.1, 0.15) is 0 Å². The highest BCUT2D eigenvalue weighted by molar-refractivity contribution is 4.92. The van der Waals surface area contributed by atoms with Crippen LogP contribution in [0.3, 0.4) is 0 Å². The highest BCUT2D eigenvalue weighted by Gasteiger charge is 2.44. The highest BCUT2D eigenvalue weighted by atomic mass is 19.3. The summed E-state index contributed by atoms with van der Waals surface area (Å²) >= 11 is 0. The average molecular weight is 222 g/mol. The Hall–Kier alpha value is -0.260. The molecule has 0 aromatic heterocycles. The lowest BCUT2D eigenvalue weighted by molar-refractivity contribution is -0.0245. The van der Waals surface area contributed by atoms with E-state index in [2.05, 4.69) is 5.32 Å². The number of aliphatic hydroxyl groups excluding tert-OH is 1. The first-order valence-electron chi connectivity index (χ1n) is 5.43. The predicted molar refractivity (Wildman–Crippen MR) is 55.1 cm³/mol. The zero-order chi connectivity index (χ0) is 11.5. The molecule has 1 aliphatic rings. The van der Waals surface area contributed by atoms with E-state index in [9.17, 15) is 8.78 Å². The predicted octanol–water partition coefficient (Wildman–Crippen LogP) is 0.686. The third kappa shape index (κ3) is 3.36. The van der Waals surface area contributed by atoms with Crippen molar-refractivity contribution >= 4 is 0 Å². The Labute approximate surface area is 89.5 Å². The van der Waals surface area contributed by atoms with Gasteiger partial charge in [0.2, 0.25) is 0 Å². The molecule has 5 heteroatoms. The average Bonchev–Trinajstić information content (AvgIpc) is 2.45. The van der Waals surface area contributed by atoms with Gasteiger partial charge in [-0.25, -0.2) is 8.78 Å². The van der Waals surface area contributed by atoms with Gasteiger partial charge in [-0.05, 0) is 13.8 Å². The normalized spacial score (nSPS) is 25.4. The number of alkyl halides is 2. The van der Waals surface area contributed by atoms with Crippen molar-refractivity contribution in [2.24, 2.45) is 0 Å². The van der Waals surface area contributed by atoms with E-state index in [0.29, 0.717) is 19.6 Å². The molecule has 1 saturated heterocycles. The summed E-state index contributed by atoms with van der Waals surface area (Å²) in [4.78, 5) is 1.87. The van der Waals surface area contributed by atoms with Crippen LogP contribution in [0.1, 0.15) is 20.3 Å². The molecule has 0 aliphatic carbocycles. The largest absolute Gasteiger partial charge is 0.395 e. The molecule has 0 bridgehead atoms. The molecule has 1 aliphatic heterocycles. The zero-order valence-corrected chi connectivity index (χ0v) is 9.34. The van der Waals surface area contributed by atoms with E-state index in [4.69, 9.17) is 5.11 Å². The minimum absolute atomic E-state index is 0.0104. The van der Waals surface area contributed by atoms with Gasteiger partial charge in [0, 0.05) is 32.1 Å². The molecule has 3 nitrogen and oxygen atoms in total. The van der Waals surface area contributed by atoms with Crippen LogP contribution in [0.2, 0.25) is 0 Å². The number of nitrogens with zero attached hydrogens (tertiary/aromatic N) is 1. The van der Waals surface area contributed by atoms with Crippen LogP contribution in [-0.2, 0) is 0 Å². The van der Waals surface area contributed by atoms with Crippen molar-refractivity contribution in [2.75, 3.05) is 26.2 Å². The van der Waals surface area contributed by atoms with Gasteiger partial charge >= 0.3 is 0 Å². The van der Waals surface area contributed by atoms with Crippen molar-refractivity contribution in [2.45, 2.75) is 38.3 Å². The zero-order valence-electron chi connectivity index (χ0n) is 9.34. The smallest absolute Gasteiger partial charge is 0.265 e. The van der Waals surface area contributed by atoms with Gasteiger partial charge in [0.25, 0.3) is 5.92 Å². The van der Waals surface area contributed by atoms with Crippen LogP contribution in [0.15, 0.2) is 0 Å². The van der Waals surface area contributed by atoms with Gasteiger partial charge in [-0.3, -0.25) is 4.90 Å². The number of rotatable bonds is 5. The van der Waals surface area contributed by atoms with Crippen LogP contribution < -0.4 is 5.32 Å². The number of halogens is 2. The summed E-state index contributed by atoms with van der Waals surface area (Å²) in [7, 11) is 0. The minimum Gasteiger partial charge on any atom is -0.395 e. The number of hydrogen-bond acceptors (Lipinski definition) is 3. The van der Waals surface area contributed by atoms with Gasteiger partial charge in [-0.2, -0.15) is 0 Å². The molecule has 15 heavy (non-hydrogen) atoms. The molecule has 0 aromatic carbocycles. The monoisotopic (exact) mass is 222 g/mol. The lowest BCUT2D eigenvalue weighted by Gasteiger charge is -2.30. The quantitative estimate of drug-likeness (QED) is 0.718. The number of hydrogen-bond donors (Lipinski definition) is 2. The van der Waals surface area contributed by atoms with Crippen LogP contribution in [0.5, 0.6) is 0 Å². The standard InChI is InChI=1S/C10H20F2N2O/c1-8(2)14(5-6-15)7-9-10(11,12)3-4-13-9/h8-9,13,15H,3-7H2,1-2H3. The number of nitrogens with one attached hydrogen (secondary N) is 1. The molecule has 0 spiro atoms. The molecular weight excluding hydrogens is 202 g/mol. The van der Waals surface area contributed by atoms with E-state index in [1.165, 1.54) is 0 Å². The second-order valence-electron chi connectivity index (χ2n) is 4.33. The third-order valence-corrected chi connectivity index (χ3v) is 2.89. The first-order valence-corrected chi connectivity index (χ1v) is 5.43. The molecule has 0 aromatic rings. The molecule has 0 radical (unpaired) electrons. The summed E-state index contributed by atoms with van der Waals surface area (Å²) in [6, 6.07) is -0.596. The Kier molecular flexibility index (Phi) is 4.43. The van der Waals surface area contributed by atoms with E-state index in [0.717, 1.165) is 0 Å². The Morgan fingerprint density at radius 1 is 1.53 bits per heavy atom. The fourth-order valence-electron chi connectivity index (χ4n) is 1.86. The molecule has 90 valence electrons. The third-order valence-electron chi connectivity index (χ3n) is 2.89. The highest BCUT2D eigenvalue weighted by Crippen LogP contribution is 2.28. The van der Waals surface area contributed by atoms with Crippen molar-refractivity contribution < 1.29 is 13.9 Å². The maximum Gasteiger partial charge on any atom is 0.265 e. The first kappa shape index (κ1) is 12.8. The molecule has 1 fully saturated rings. The van der Waals surface area contributed by atoms with Crippen LogP contribution in [-0.4, -0.2) is 54.3 Å². The van der Waals surface area contributed by atoms with E-state index < -0.39 is 12.0 Å². The van der Waals surface area contributed by atoms with Crippen LogP contribution in [0.4, 0.5) is 8.78 Å². The summed E-state index contributed by atoms with van der Waals surface area (Å²) < 4.78 is 26.6. The Morgan fingerprint density at radius 3 is 2.60 bits per heavy atom. The van der Waals surface area contributed by atoms with E-state index in [1.54, 1.807) is 0 Å². The molecule has 1 rings (SSSR count). The summed E-state index contributed by atoms with van der Waals surface area (Å²) in [5, 5.41) is 11.7. The van der Waals surface area contributed by atoms with Gasteiger partial charge in [-0.1, -0.05) is 0 Å². The van der Waals surface area contributed by atoms with Gasteiger partial charge in [0.15, 0.2) is 0 Å². The van der Waals surface area contributed by atoms with Gasteiger partial charge in [-0.15, -0.1) is 0 Å². The molecule has 1 unspecified atom stereocenters. The van der Waals surface area contributed by atoms with Crippen LogP contribution in [0, 0.1) is 0 Å². The van der Waals surface area contributed by atoms with Crippen LogP contribution in [0.25, 0.3) is 0 Å². The summed E-state index contributed by atoms with van der Waals surface area (Å²) in [5.41, 5.74) is 0.